The van der Waals surface area contributed by atoms with Crippen LogP contribution in [0.3, 0.4) is 0 Å². The quantitative estimate of drug-likeness (QED) is 0.567. The smallest absolute Gasteiger partial charge is 0.337 e. The van der Waals surface area contributed by atoms with E-state index in [0.29, 0.717) is 6.54 Å². The summed E-state index contributed by atoms with van der Waals surface area (Å²) in [6.07, 6.45) is 1.04. The molecule has 0 aliphatic carbocycles. The zero-order valence-electron chi connectivity index (χ0n) is 11.4. The van der Waals surface area contributed by atoms with Gasteiger partial charge in [-0.3, -0.25) is 10.1 Å². The van der Waals surface area contributed by atoms with Crippen LogP contribution in [0.4, 0.5) is 5.69 Å². The molecule has 1 aromatic heterocycles. The molecular weight excluding hydrogens is 266 g/mol. The number of carbonyl (C=O) groups is 1. The van der Waals surface area contributed by atoms with Gasteiger partial charge in [0.1, 0.15) is 6.61 Å². The molecule has 0 aliphatic heterocycles. The minimum atomic E-state index is -1.27. The first-order valence-corrected chi connectivity index (χ1v) is 6.22. The highest BCUT2D eigenvalue weighted by Gasteiger charge is 2.20. The van der Waals surface area contributed by atoms with Gasteiger partial charge in [0, 0.05) is 18.8 Å². The van der Waals surface area contributed by atoms with Gasteiger partial charge in [-0.25, -0.2) is 9.78 Å². The topological polar surface area (TPSA) is 106 Å². The van der Waals surface area contributed by atoms with Gasteiger partial charge >= 0.3 is 11.7 Å². The molecule has 20 heavy (non-hydrogen) atoms. The number of rotatable bonds is 8. The first kappa shape index (κ1) is 15.8. The molecule has 0 spiro atoms. The van der Waals surface area contributed by atoms with Crippen LogP contribution in [0, 0.1) is 10.1 Å². The lowest BCUT2D eigenvalue weighted by molar-refractivity contribution is -0.386. The van der Waals surface area contributed by atoms with Crippen molar-refractivity contribution in [3.63, 3.8) is 0 Å². The molecule has 8 nitrogen and oxygen atoms in total. The lowest BCUT2D eigenvalue weighted by atomic mass is 10.2. The van der Waals surface area contributed by atoms with Gasteiger partial charge in [0.05, 0.1) is 10.5 Å². The van der Waals surface area contributed by atoms with Gasteiger partial charge in [-0.15, -0.1) is 0 Å². The summed E-state index contributed by atoms with van der Waals surface area (Å²) in [7, 11) is 0. The molecule has 0 aliphatic rings. The van der Waals surface area contributed by atoms with Crippen LogP contribution < -0.4 is 4.74 Å². The van der Waals surface area contributed by atoms with Crippen molar-refractivity contribution in [2.24, 2.45) is 0 Å². The van der Waals surface area contributed by atoms with E-state index in [-0.39, 0.29) is 18.1 Å². The molecule has 8 heteroatoms. The molecule has 1 N–H and O–H groups in total. The van der Waals surface area contributed by atoms with Crippen molar-refractivity contribution in [1.82, 2.24) is 9.88 Å². The van der Waals surface area contributed by atoms with Crippen molar-refractivity contribution in [3.05, 3.63) is 27.9 Å². The number of aromatic nitrogens is 1. The fourth-order valence-electron chi connectivity index (χ4n) is 1.61. The number of carboxylic acids is 1. The second-order valence-corrected chi connectivity index (χ2v) is 3.99. The van der Waals surface area contributed by atoms with Gasteiger partial charge in [-0.1, -0.05) is 13.8 Å². The van der Waals surface area contributed by atoms with Gasteiger partial charge in [0.25, 0.3) is 5.88 Å². The summed E-state index contributed by atoms with van der Waals surface area (Å²) >= 11 is 0. The summed E-state index contributed by atoms with van der Waals surface area (Å²) < 4.78 is 5.28. The molecule has 1 rings (SSSR count). The third kappa shape index (κ3) is 4.16. The first-order chi connectivity index (χ1) is 9.49. The Morgan fingerprint density at radius 3 is 2.65 bits per heavy atom. The second kappa shape index (κ2) is 7.39. The maximum Gasteiger partial charge on any atom is 0.337 e. The number of aromatic carboxylic acids is 1. The fourth-order valence-corrected chi connectivity index (χ4v) is 1.61. The molecule has 0 bridgehead atoms. The maximum absolute atomic E-state index is 10.9. The number of carboxylic acid groups (broad SMARTS) is 1. The zero-order chi connectivity index (χ0) is 15.1. The molecule has 0 saturated carbocycles. The summed E-state index contributed by atoms with van der Waals surface area (Å²) in [6, 6.07) is 0.947. The maximum atomic E-state index is 10.9. The number of hydrogen-bond donors (Lipinski definition) is 1. The Hall–Kier alpha value is -2.22. The normalized spacial score (nSPS) is 10.6. The minimum absolute atomic E-state index is 0.160. The molecule has 0 saturated heterocycles. The van der Waals surface area contributed by atoms with E-state index >= 15 is 0 Å². The molecule has 0 atom stereocenters. The van der Waals surface area contributed by atoms with Gasteiger partial charge in [-0.05, 0) is 13.1 Å². The third-order valence-electron chi connectivity index (χ3n) is 2.82. The molecular formula is C12H17N3O5. The van der Waals surface area contributed by atoms with E-state index in [1.165, 1.54) is 0 Å². The van der Waals surface area contributed by atoms with Crippen molar-refractivity contribution in [3.8, 4) is 5.88 Å². The molecule has 0 fully saturated rings. The van der Waals surface area contributed by atoms with Crippen LogP contribution in [0.2, 0.25) is 0 Å². The molecule has 0 aromatic carbocycles. The van der Waals surface area contributed by atoms with Gasteiger partial charge in [0.2, 0.25) is 0 Å². The Balaban J connectivity index is 2.79. The van der Waals surface area contributed by atoms with Crippen LogP contribution in [-0.4, -0.2) is 52.1 Å². The first-order valence-electron chi connectivity index (χ1n) is 6.22. The van der Waals surface area contributed by atoms with Gasteiger partial charge in [0.15, 0.2) is 0 Å². The van der Waals surface area contributed by atoms with E-state index in [0.717, 1.165) is 25.4 Å². The van der Waals surface area contributed by atoms with E-state index < -0.39 is 16.6 Å². The zero-order valence-corrected chi connectivity index (χ0v) is 11.4. The van der Waals surface area contributed by atoms with E-state index in [1.807, 2.05) is 13.8 Å². The third-order valence-corrected chi connectivity index (χ3v) is 2.82. The van der Waals surface area contributed by atoms with Gasteiger partial charge in [-0.2, -0.15) is 0 Å². The van der Waals surface area contributed by atoms with Crippen LogP contribution >= 0.6 is 0 Å². The average molecular weight is 283 g/mol. The molecule has 1 aromatic rings. The number of nitrogens with zero attached hydrogens (tertiary/aromatic N) is 3. The van der Waals surface area contributed by atoms with Crippen molar-refractivity contribution < 1.29 is 19.6 Å². The monoisotopic (exact) mass is 283 g/mol. The number of ether oxygens (including phenoxy) is 1. The number of likely N-dealkylation sites (N-methyl/N-ethyl adjacent to an activating group) is 1. The largest absolute Gasteiger partial charge is 0.478 e. The van der Waals surface area contributed by atoms with Crippen molar-refractivity contribution >= 4 is 11.7 Å². The molecule has 0 radical (unpaired) electrons. The summed E-state index contributed by atoms with van der Waals surface area (Å²) in [5.41, 5.74) is -0.683. The molecule has 0 unspecified atom stereocenters. The Morgan fingerprint density at radius 2 is 2.15 bits per heavy atom. The highest BCUT2D eigenvalue weighted by Crippen LogP contribution is 2.24. The summed E-state index contributed by atoms with van der Waals surface area (Å²) in [5, 5.41) is 19.7. The average Bonchev–Trinajstić information content (AvgIpc) is 2.43. The predicted molar refractivity (Wildman–Crippen MR) is 71.1 cm³/mol. The molecule has 1 heterocycles. The summed E-state index contributed by atoms with van der Waals surface area (Å²) in [4.78, 5) is 26.7. The summed E-state index contributed by atoms with van der Waals surface area (Å²) in [5.74, 6) is -1.43. The van der Waals surface area contributed by atoms with Crippen molar-refractivity contribution in [1.29, 1.82) is 0 Å². The van der Waals surface area contributed by atoms with Crippen LogP contribution in [-0.2, 0) is 0 Å². The predicted octanol–water partition coefficient (Wildman–Crippen LogP) is 1.41. The Kier molecular flexibility index (Phi) is 5.85. The van der Waals surface area contributed by atoms with E-state index in [9.17, 15) is 14.9 Å². The van der Waals surface area contributed by atoms with Crippen molar-refractivity contribution in [2.45, 2.75) is 13.8 Å². The lowest BCUT2D eigenvalue weighted by Crippen LogP contribution is -2.28. The number of nitro groups is 1. The Labute approximate surface area is 116 Å². The summed E-state index contributed by atoms with van der Waals surface area (Å²) in [6.45, 7) is 6.59. The van der Waals surface area contributed by atoms with Crippen LogP contribution in [0.1, 0.15) is 24.2 Å². The Morgan fingerprint density at radius 1 is 1.50 bits per heavy atom. The number of hydrogen-bond acceptors (Lipinski definition) is 6. The fraction of sp³-hybridized carbons (Fsp3) is 0.500. The van der Waals surface area contributed by atoms with Crippen molar-refractivity contribution in [2.75, 3.05) is 26.2 Å². The van der Waals surface area contributed by atoms with Crippen LogP contribution in [0.25, 0.3) is 0 Å². The standard InChI is InChI=1S/C12H17N3O5/c1-3-14(4-2)5-6-20-11-10(15(18)19)7-9(8-13-11)12(16)17/h7-8H,3-6H2,1-2H3,(H,16,17). The van der Waals surface area contributed by atoms with E-state index in [1.54, 1.807) is 0 Å². The van der Waals surface area contributed by atoms with Crippen LogP contribution in [0.15, 0.2) is 12.3 Å². The highest BCUT2D eigenvalue weighted by molar-refractivity contribution is 5.88. The lowest BCUT2D eigenvalue weighted by Gasteiger charge is -2.17. The molecule has 0 amide bonds. The Bertz CT molecular complexity index is 488. The molecule has 110 valence electrons. The van der Waals surface area contributed by atoms with E-state index in [2.05, 4.69) is 9.88 Å². The second-order valence-electron chi connectivity index (χ2n) is 3.99. The van der Waals surface area contributed by atoms with Gasteiger partial charge < -0.3 is 14.7 Å². The van der Waals surface area contributed by atoms with E-state index in [4.69, 9.17) is 9.84 Å². The number of pyridine rings is 1. The highest BCUT2D eigenvalue weighted by atomic mass is 16.6. The SMILES string of the molecule is CCN(CC)CCOc1ncc(C(=O)O)cc1[N+](=O)[O-]. The minimum Gasteiger partial charge on any atom is -0.478 e. The van der Waals surface area contributed by atoms with Crippen LogP contribution in [0.5, 0.6) is 5.88 Å².